The van der Waals surface area contributed by atoms with E-state index in [0.29, 0.717) is 18.1 Å². The van der Waals surface area contributed by atoms with Crippen molar-refractivity contribution in [2.75, 3.05) is 7.11 Å². The van der Waals surface area contributed by atoms with Gasteiger partial charge in [0.1, 0.15) is 18.1 Å². The predicted octanol–water partition coefficient (Wildman–Crippen LogP) is 3.78. The number of benzene rings is 2. The van der Waals surface area contributed by atoms with Gasteiger partial charge in [-0.2, -0.15) is 0 Å². The van der Waals surface area contributed by atoms with E-state index in [4.69, 9.17) is 14.7 Å². The lowest BCUT2D eigenvalue weighted by Gasteiger charge is -2.12. The summed E-state index contributed by atoms with van der Waals surface area (Å²) in [4.78, 5) is 0. The molecule has 0 bridgehead atoms. The number of methoxy groups -OCH3 is 1. The van der Waals surface area contributed by atoms with E-state index < -0.39 is 0 Å². The van der Waals surface area contributed by atoms with Gasteiger partial charge in [-0.1, -0.05) is 28.9 Å². The van der Waals surface area contributed by atoms with E-state index in [1.165, 1.54) is 0 Å². The van der Waals surface area contributed by atoms with Crippen molar-refractivity contribution in [1.29, 1.82) is 0 Å². The minimum atomic E-state index is 0.443. The molecule has 0 amide bonds. The van der Waals surface area contributed by atoms with Crippen LogP contribution in [0.5, 0.6) is 11.5 Å². The Morgan fingerprint density at radius 1 is 1.14 bits per heavy atom. The molecule has 0 unspecified atom stereocenters. The number of nitrogens with zero attached hydrogens (tertiary/aromatic N) is 1. The van der Waals surface area contributed by atoms with Crippen molar-refractivity contribution in [3.05, 3.63) is 59.2 Å². The Balaban J connectivity index is 2.15. The summed E-state index contributed by atoms with van der Waals surface area (Å²) in [5.74, 6) is 1.52. The Bertz CT molecular complexity index is 633. The molecule has 0 radical (unpaired) electrons. The summed E-state index contributed by atoms with van der Waals surface area (Å²) in [5.41, 5.74) is 3.46. The highest BCUT2D eigenvalue weighted by molar-refractivity contribution is 6.00. The molecule has 0 aliphatic carbocycles. The molecule has 0 heterocycles. The van der Waals surface area contributed by atoms with Gasteiger partial charge in [0.25, 0.3) is 0 Å². The second-order valence-corrected chi connectivity index (χ2v) is 4.82. The fourth-order valence-corrected chi connectivity index (χ4v) is 1.99. The van der Waals surface area contributed by atoms with E-state index >= 15 is 0 Å². The van der Waals surface area contributed by atoms with Crippen molar-refractivity contribution in [3.8, 4) is 11.5 Å². The Morgan fingerprint density at radius 3 is 2.48 bits per heavy atom. The van der Waals surface area contributed by atoms with Gasteiger partial charge in [-0.05, 0) is 43.7 Å². The fraction of sp³-hybridized carbons (Fsp3) is 0.235. The van der Waals surface area contributed by atoms with Crippen LogP contribution in [0.1, 0.15) is 23.6 Å². The van der Waals surface area contributed by atoms with Gasteiger partial charge < -0.3 is 14.7 Å². The molecule has 2 aromatic carbocycles. The zero-order valence-corrected chi connectivity index (χ0v) is 12.5. The predicted molar refractivity (Wildman–Crippen MR) is 82.5 cm³/mol. The van der Waals surface area contributed by atoms with Gasteiger partial charge >= 0.3 is 0 Å². The van der Waals surface area contributed by atoms with Gasteiger partial charge in [0.2, 0.25) is 0 Å². The van der Waals surface area contributed by atoms with Gasteiger partial charge in [0.15, 0.2) is 0 Å². The zero-order valence-electron chi connectivity index (χ0n) is 12.5. The molecule has 0 aliphatic heterocycles. The molecule has 1 N–H and O–H groups in total. The lowest BCUT2D eigenvalue weighted by molar-refractivity contribution is 0.303. The van der Waals surface area contributed by atoms with Gasteiger partial charge in [0.05, 0.1) is 12.8 Å². The molecule has 110 valence electrons. The third-order valence-electron chi connectivity index (χ3n) is 3.23. The highest BCUT2D eigenvalue weighted by Gasteiger charge is 2.08. The molecule has 0 atom stereocenters. The maximum Gasteiger partial charge on any atom is 0.128 e. The van der Waals surface area contributed by atoms with E-state index in [1.807, 2.05) is 49.4 Å². The van der Waals surface area contributed by atoms with Crippen LogP contribution >= 0.6 is 0 Å². The molecule has 0 aromatic heterocycles. The first kappa shape index (κ1) is 14.9. The number of rotatable bonds is 5. The third kappa shape index (κ3) is 3.75. The average molecular weight is 285 g/mol. The lowest BCUT2D eigenvalue weighted by Crippen LogP contribution is -2.03. The highest BCUT2D eigenvalue weighted by atomic mass is 16.5. The van der Waals surface area contributed by atoms with Crippen LogP contribution in [0, 0.1) is 6.92 Å². The van der Waals surface area contributed by atoms with Crippen LogP contribution < -0.4 is 9.47 Å². The third-order valence-corrected chi connectivity index (χ3v) is 3.23. The molecule has 21 heavy (non-hydrogen) atoms. The summed E-state index contributed by atoms with van der Waals surface area (Å²) in [6.45, 7) is 4.18. The van der Waals surface area contributed by atoms with Crippen LogP contribution in [-0.2, 0) is 6.61 Å². The number of oxime groups is 1. The summed E-state index contributed by atoms with van der Waals surface area (Å²) in [6.07, 6.45) is 0. The molecule has 2 rings (SSSR count). The number of hydrogen-bond acceptors (Lipinski definition) is 4. The average Bonchev–Trinajstić information content (AvgIpc) is 2.53. The molecule has 2 aromatic rings. The SMILES string of the molecule is COc1ccc(COc2ccc(C)cc2/C(C)=N/O)cc1. The fourth-order valence-electron chi connectivity index (χ4n) is 1.99. The Labute approximate surface area is 124 Å². The molecular weight excluding hydrogens is 266 g/mol. The summed E-state index contributed by atoms with van der Waals surface area (Å²) < 4.78 is 11.0. The maximum atomic E-state index is 8.96. The van der Waals surface area contributed by atoms with Crippen molar-refractivity contribution in [1.82, 2.24) is 0 Å². The topological polar surface area (TPSA) is 51.0 Å². The minimum absolute atomic E-state index is 0.443. The summed E-state index contributed by atoms with van der Waals surface area (Å²) in [7, 11) is 1.64. The quantitative estimate of drug-likeness (QED) is 0.516. The molecule has 4 heteroatoms. The molecule has 4 nitrogen and oxygen atoms in total. The zero-order chi connectivity index (χ0) is 15.2. The van der Waals surface area contributed by atoms with Gasteiger partial charge in [-0.15, -0.1) is 0 Å². The van der Waals surface area contributed by atoms with E-state index in [0.717, 1.165) is 22.4 Å². The van der Waals surface area contributed by atoms with Crippen molar-refractivity contribution in [2.24, 2.45) is 5.16 Å². The van der Waals surface area contributed by atoms with Crippen LogP contribution in [-0.4, -0.2) is 18.0 Å². The van der Waals surface area contributed by atoms with Gasteiger partial charge in [-0.25, -0.2) is 0 Å². The van der Waals surface area contributed by atoms with Crippen LogP contribution in [0.2, 0.25) is 0 Å². The maximum absolute atomic E-state index is 8.96. The summed E-state index contributed by atoms with van der Waals surface area (Å²) in [5, 5.41) is 12.2. The first-order valence-corrected chi connectivity index (χ1v) is 6.69. The van der Waals surface area contributed by atoms with Crippen molar-refractivity contribution in [3.63, 3.8) is 0 Å². The number of hydrogen-bond donors (Lipinski definition) is 1. The normalized spacial score (nSPS) is 11.3. The Kier molecular flexibility index (Phi) is 4.82. The van der Waals surface area contributed by atoms with Crippen molar-refractivity contribution >= 4 is 5.71 Å². The van der Waals surface area contributed by atoms with E-state index in [-0.39, 0.29) is 0 Å². The molecule has 0 spiro atoms. The molecule has 0 aliphatic rings. The first-order chi connectivity index (χ1) is 10.1. The van der Waals surface area contributed by atoms with Crippen LogP contribution in [0.15, 0.2) is 47.6 Å². The molecular formula is C17H19NO3. The minimum Gasteiger partial charge on any atom is -0.497 e. The first-order valence-electron chi connectivity index (χ1n) is 6.69. The second-order valence-electron chi connectivity index (χ2n) is 4.82. The Hall–Kier alpha value is -2.49. The monoisotopic (exact) mass is 285 g/mol. The van der Waals surface area contributed by atoms with Gasteiger partial charge in [0, 0.05) is 5.56 Å². The van der Waals surface area contributed by atoms with Crippen molar-refractivity contribution < 1.29 is 14.7 Å². The van der Waals surface area contributed by atoms with E-state index in [1.54, 1.807) is 14.0 Å². The summed E-state index contributed by atoms with van der Waals surface area (Å²) >= 11 is 0. The second kappa shape index (κ2) is 6.79. The molecule has 0 saturated carbocycles. The molecule has 0 fully saturated rings. The van der Waals surface area contributed by atoms with Gasteiger partial charge in [-0.3, -0.25) is 0 Å². The molecule has 0 saturated heterocycles. The van der Waals surface area contributed by atoms with Crippen LogP contribution in [0.25, 0.3) is 0 Å². The smallest absolute Gasteiger partial charge is 0.128 e. The van der Waals surface area contributed by atoms with Crippen molar-refractivity contribution in [2.45, 2.75) is 20.5 Å². The van der Waals surface area contributed by atoms with E-state index in [2.05, 4.69) is 5.16 Å². The van der Waals surface area contributed by atoms with E-state index in [9.17, 15) is 0 Å². The Morgan fingerprint density at radius 2 is 1.86 bits per heavy atom. The van der Waals surface area contributed by atoms with Crippen LogP contribution in [0.3, 0.4) is 0 Å². The van der Waals surface area contributed by atoms with Crippen LogP contribution in [0.4, 0.5) is 0 Å². The summed E-state index contributed by atoms with van der Waals surface area (Å²) in [6, 6.07) is 13.5. The largest absolute Gasteiger partial charge is 0.497 e. The number of aryl methyl sites for hydroxylation is 1. The number of ether oxygens (including phenoxy) is 2. The lowest BCUT2D eigenvalue weighted by atomic mass is 10.1. The highest BCUT2D eigenvalue weighted by Crippen LogP contribution is 2.22. The standard InChI is InChI=1S/C17H19NO3/c1-12-4-9-17(16(10-12)13(2)18-19)21-11-14-5-7-15(20-3)8-6-14/h4-10,19H,11H2,1-3H3/b18-13+.